The van der Waals surface area contributed by atoms with E-state index in [2.05, 4.69) is 0 Å². The van der Waals surface area contributed by atoms with E-state index in [1.54, 1.807) is 0 Å². The molecule has 0 rings (SSSR count). The smallest absolute Gasteiger partial charge is 0.0466 e. The molecule has 0 aliphatic heterocycles. The summed E-state index contributed by atoms with van der Waals surface area (Å²) in [6, 6.07) is 0. The van der Waals surface area contributed by atoms with E-state index in [1.807, 2.05) is 13.8 Å². The molecular formula is C12H26O3. The summed E-state index contributed by atoms with van der Waals surface area (Å²) in [5, 5.41) is 9.16. The first-order valence-corrected chi connectivity index (χ1v) is 6.11. The zero-order valence-corrected chi connectivity index (χ0v) is 10.2. The minimum atomic E-state index is 0.290. The fourth-order valence-corrected chi connectivity index (χ4v) is 1.56. The molecule has 15 heavy (non-hydrogen) atoms. The van der Waals surface area contributed by atoms with Crippen LogP contribution in [0.25, 0.3) is 0 Å². The van der Waals surface area contributed by atoms with Gasteiger partial charge in [0, 0.05) is 33.0 Å². The Labute approximate surface area is 93.8 Å². The Kier molecular flexibility index (Phi) is 11.9. The molecule has 0 fully saturated rings. The van der Waals surface area contributed by atoms with Crippen LogP contribution in [0, 0.1) is 5.92 Å². The fourth-order valence-electron chi connectivity index (χ4n) is 1.56. The van der Waals surface area contributed by atoms with Crippen LogP contribution in [0.4, 0.5) is 0 Å². The lowest BCUT2D eigenvalue weighted by atomic mass is 9.99. The van der Waals surface area contributed by atoms with Gasteiger partial charge in [-0.05, 0) is 45.4 Å². The first kappa shape index (κ1) is 14.9. The van der Waals surface area contributed by atoms with Crippen LogP contribution in [0.1, 0.15) is 39.5 Å². The third-order valence-electron chi connectivity index (χ3n) is 2.47. The first-order chi connectivity index (χ1) is 7.35. The Bertz CT molecular complexity index is 105. The summed E-state index contributed by atoms with van der Waals surface area (Å²) in [6.07, 6.45) is 4.21. The number of aliphatic hydroxyl groups is 1. The van der Waals surface area contributed by atoms with Crippen molar-refractivity contribution < 1.29 is 14.6 Å². The minimum Gasteiger partial charge on any atom is -0.396 e. The number of aliphatic hydroxyl groups excluding tert-OH is 1. The van der Waals surface area contributed by atoms with Crippen LogP contribution in [0.2, 0.25) is 0 Å². The van der Waals surface area contributed by atoms with E-state index in [4.69, 9.17) is 14.6 Å². The van der Waals surface area contributed by atoms with E-state index in [0.29, 0.717) is 5.92 Å². The monoisotopic (exact) mass is 218 g/mol. The average molecular weight is 218 g/mol. The van der Waals surface area contributed by atoms with Gasteiger partial charge in [-0.15, -0.1) is 0 Å². The molecule has 0 spiro atoms. The Balaban J connectivity index is 3.29. The maximum atomic E-state index is 9.16. The van der Waals surface area contributed by atoms with E-state index in [-0.39, 0.29) is 6.61 Å². The van der Waals surface area contributed by atoms with E-state index in [1.165, 1.54) is 0 Å². The van der Waals surface area contributed by atoms with Crippen LogP contribution >= 0.6 is 0 Å². The molecule has 0 heterocycles. The molecule has 0 unspecified atom stereocenters. The first-order valence-electron chi connectivity index (χ1n) is 6.11. The molecule has 0 aromatic rings. The van der Waals surface area contributed by atoms with Crippen molar-refractivity contribution in [2.24, 2.45) is 5.92 Å². The van der Waals surface area contributed by atoms with Crippen LogP contribution in [0.15, 0.2) is 0 Å². The van der Waals surface area contributed by atoms with E-state index in [0.717, 1.165) is 52.1 Å². The largest absolute Gasteiger partial charge is 0.396 e. The van der Waals surface area contributed by atoms with Gasteiger partial charge in [0.05, 0.1) is 0 Å². The van der Waals surface area contributed by atoms with E-state index >= 15 is 0 Å². The summed E-state index contributed by atoms with van der Waals surface area (Å²) in [6.45, 7) is 7.51. The van der Waals surface area contributed by atoms with Crippen molar-refractivity contribution in [1.29, 1.82) is 0 Å². The third kappa shape index (κ3) is 10.2. The van der Waals surface area contributed by atoms with Crippen molar-refractivity contribution in [3.63, 3.8) is 0 Å². The molecule has 3 heteroatoms. The summed E-state index contributed by atoms with van der Waals surface area (Å²) < 4.78 is 10.5. The average Bonchev–Trinajstić information content (AvgIpc) is 2.27. The molecule has 92 valence electrons. The minimum absolute atomic E-state index is 0.290. The zero-order valence-electron chi connectivity index (χ0n) is 10.2. The van der Waals surface area contributed by atoms with Crippen molar-refractivity contribution in [2.75, 3.05) is 33.0 Å². The molecule has 0 atom stereocenters. The van der Waals surface area contributed by atoms with Crippen molar-refractivity contribution in [3.8, 4) is 0 Å². The van der Waals surface area contributed by atoms with Gasteiger partial charge in [-0.25, -0.2) is 0 Å². The molecule has 0 aromatic heterocycles. The maximum absolute atomic E-state index is 9.16. The van der Waals surface area contributed by atoms with Gasteiger partial charge in [-0.3, -0.25) is 0 Å². The summed E-state index contributed by atoms with van der Waals surface area (Å²) in [5.74, 6) is 0.422. The van der Waals surface area contributed by atoms with Gasteiger partial charge in [0.1, 0.15) is 0 Å². The lowest BCUT2D eigenvalue weighted by Gasteiger charge is -2.13. The van der Waals surface area contributed by atoms with Crippen LogP contribution < -0.4 is 0 Å². The lowest BCUT2D eigenvalue weighted by Crippen LogP contribution is -2.09. The molecule has 3 nitrogen and oxygen atoms in total. The summed E-state index contributed by atoms with van der Waals surface area (Å²) in [4.78, 5) is 0. The van der Waals surface area contributed by atoms with Crippen LogP contribution in [0.5, 0.6) is 0 Å². The molecule has 0 amide bonds. The number of ether oxygens (including phenoxy) is 2. The molecule has 0 saturated carbocycles. The Morgan fingerprint density at radius 2 is 1.40 bits per heavy atom. The second kappa shape index (κ2) is 12.0. The Morgan fingerprint density at radius 3 is 1.73 bits per heavy atom. The second-order valence-electron chi connectivity index (χ2n) is 3.73. The van der Waals surface area contributed by atoms with Gasteiger partial charge in [-0.1, -0.05) is 0 Å². The molecule has 0 bridgehead atoms. The predicted molar refractivity (Wildman–Crippen MR) is 62.0 cm³/mol. The highest BCUT2D eigenvalue weighted by Gasteiger charge is 2.06. The molecule has 0 aliphatic carbocycles. The highest BCUT2D eigenvalue weighted by molar-refractivity contribution is 4.58. The molecule has 1 N–H and O–H groups in total. The number of hydrogen-bond donors (Lipinski definition) is 1. The zero-order chi connectivity index (χ0) is 11.4. The molecule has 0 aromatic carbocycles. The van der Waals surface area contributed by atoms with Crippen molar-refractivity contribution in [3.05, 3.63) is 0 Å². The van der Waals surface area contributed by atoms with Gasteiger partial charge in [-0.2, -0.15) is 0 Å². The molecule has 0 aliphatic rings. The van der Waals surface area contributed by atoms with Crippen molar-refractivity contribution in [2.45, 2.75) is 39.5 Å². The SMILES string of the molecule is CCOCCCC(CO)CCCOCC. The topological polar surface area (TPSA) is 38.7 Å². The number of rotatable bonds is 11. The van der Waals surface area contributed by atoms with Crippen molar-refractivity contribution >= 4 is 0 Å². The van der Waals surface area contributed by atoms with Gasteiger partial charge in [0.2, 0.25) is 0 Å². The third-order valence-corrected chi connectivity index (χ3v) is 2.47. The summed E-state index contributed by atoms with van der Waals surface area (Å²) in [5.41, 5.74) is 0. The van der Waals surface area contributed by atoms with Crippen LogP contribution in [-0.2, 0) is 9.47 Å². The standard InChI is InChI=1S/C12H26O3/c1-3-14-9-5-7-12(11-13)8-6-10-15-4-2/h12-13H,3-11H2,1-2H3. The van der Waals surface area contributed by atoms with Gasteiger partial charge in [0.15, 0.2) is 0 Å². The summed E-state index contributed by atoms with van der Waals surface area (Å²) >= 11 is 0. The van der Waals surface area contributed by atoms with Gasteiger partial charge >= 0.3 is 0 Å². The Morgan fingerprint density at radius 1 is 0.933 bits per heavy atom. The second-order valence-corrected chi connectivity index (χ2v) is 3.73. The van der Waals surface area contributed by atoms with Gasteiger partial charge < -0.3 is 14.6 Å². The number of hydrogen-bond acceptors (Lipinski definition) is 3. The van der Waals surface area contributed by atoms with Crippen molar-refractivity contribution in [1.82, 2.24) is 0 Å². The lowest BCUT2D eigenvalue weighted by molar-refractivity contribution is 0.118. The van der Waals surface area contributed by atoms with E-state index < -0.39 is 0 Å². The highest BCUT2D eigenvalue weighted by Crippen LogP contribution is 2.13. The molecular weight excluding hydrogens is 192 g/mol. The fraction of sp³-hybridized carbons (Fsp3) is 1.00. The highest BCUT2D eigenvalue weighted by atomic mass is 16.5. The molecule has 0 radical (unpaired) electrons. The van der Waals surface area contributed by atoms with Crippen LogP contribution in [-0.4, -0.2) is 38.1 Å². The quantitative estimate of drug-likeness (QED) is 0.540. The summed E-state index contributed by atoms with van der Waals surface area (Å²) in [7, 11) is 0. The van der Waals surface area contributed by atoms with Crippen LogP contribution in [0.3, 0.4) is 0 Å². The Hall–Kier alpha value is -0.120. The normalized spacial score (nSPS) is 11.2. The predicted octanol–water partition coefficient (Wildman–Crippen LogP) is 2.23. The maximum Gasteiger partial charge on any atom is 0.0466 e. The van der Waals surface area contributed by atoms with Gasteiger partial charge in [0.25, 0.3) is 0 Å². The van der Waals surface area contributed by atoms with E-state index in [9.17, 15) is 0 Å². The molecule has 0 saturated heterocycles.